The van der Waals surface area contributed by atoms with Gasteiger partial charge in [0.1, 0.15) is 0 Å². The molecule has 1 saturated carbocycles. The molecule has 0 heterocycles. The quantitative estimate of drug-likeness (QED) is 0.547. The van der Waals surface area contributed by atoms with Crippen molar-refractivity contribution in [2.45, 2.75) is 58.9 Å². The zero-order valence-corrected chi connectivity index (χ0v) is 14.7. The molecule has 0 aromatic carbocycles. The summed E-state index contributed by atoms with van der Waals surface area (Å²) < 4.78 is 0. The molecule has 2 nitrogen and oxygen atoms in total. The zero-order valence-electron chi connectivity index (χ0n) is 10.8. The Morgan fingerprint density at radius 2 is 1.59 bits per heavy atom. The fourth-order valence-corrected chi connectivity index (χ4v) is 1.84. The van der Waals surface area contributed by atoms with Crippen LogP contribution in [0.3, 0.4) is 0 Å². The van der Waals surface area contributed by atoms with E-state index >= 15 is 0 Å². The SMILES string of the molecule is CC(=NC1CCCCC1)/C(C)=C(/C)O.[Cl][Zr][Cl]. The molecule has 1 rings (SSSR count). The van der Waals surface area contributed by atoms with Crippen molar-refractivity contribution in [3.8, 4) is 0 Å². The summed E-state index contributed by atoms with van der Waals surface area (Å²) in [6.45, 7) is 5.63. The summed E-state index contributed by atoms with van der Waals surface area (Å²) in [5.41, 5.74) is 1.92. The van der Waals surface area contributed by atoms with E-state index in [1.807, 2.05) is 13.8 Å². The summed E-state index contributed by atoms with van der Waals surface area (Å²) in [7, 11) is 9.87. The van der Waals surface area contributed by atoms with Gasteiger partial charge in [0.25, 0.3) is 0 Å². The van der Waals surface area contributed by atoms with Gasteiger partial charge in [-0.25, -0.2) is 0 Å². The Hall–Kier alpha value is 0.673. The van der Waals surface area contributed by atoms with Gasteiger partial charge in [0.2, 0.25) is 0 Å². The van der Waals surface area contributed by atoms with E-state index in [1.54, 1.807) is 6.92 Å². The molecule has 0 atom stereocenters. The molecule has 98 valence electrons. The average molecular weight is 357 g/mol. The van der Waals surface area contributed by atoms with Crippen molar-refractivity contribution >= 4 is 22.7 Å². The summed E-state index contributed by atoms with van der Waals surface area (Å²) in [5.74, 6) is 0.391. The van der Waals surface area contributed by atoms with Crippen molar-refractivity contribution in [2.24, 2.45) is 4.99 Å². The fourth-order valence-electron chi connectivity index (χ4n) is 1.84. The van der Waals surface area contributed by atoms with Crippen LogP contribution in [0.4, 0.5) is 0 Å². The summed E-state index contributed by atoms with van der Waals surface area (Å²) in [6, 6.07) is 0.498. The van der Waals surface area contributed by atoms with Crippen LogP contribution in [-0.2, 0) is 20.8 Å². The molecule has 0 aromatic heterocycles. The molecule has 0 radical (unpaired) electrons. The van der Waals surface area contributed by atoms with Gasteiger partial charge in [-0.2, -0.15) is 0 Å². The second kappa shape index (κ2) is 10.6. The van der Waals surface area contributed by atoms with Gasteiger partial charge in [0, 0.05) is 11.3 Å². The second-order valence-electron chi connectivity index (χ2n) is 4.29. The molecule has 0 saturated heterocycles. The summed E-state index contributed by atoms with van der Waals surface area (Å²) >= 11 is -0.826. The maximum atomic E-state index is 9.32. The number of aliphatic hydroxyl groups excluding tert-OH is 1. The number of hydrogen-bond donors (Lipinski definition) is 1. The number of rotatable bonds is 2. The number of nitrogens with zero attached hydrogens (tertiary/aromatic N) is 1. The fraction of sp³-hybridized carbons (Fsp3) is 0.750. The van der Waals surface area contributed by atoms with Crippen LogP contribution < -0.4 is 0 Å². The van der Waals surface area contributed by atoms with E-state index in [1.165, 1.54) is 32.1 Å². The third-order valence-corrected chi connectivity index (χ3v) is 3.04. The zero-order chi connectivity index (χ0) is 13.3. The molecule has 0 aliphatic heterocycles. The monoisotopic (exact) mass is 355 g/mol. The number of hydrogen-bond acceptors (Lipinski definition) is 2. The van der Waals surface area contributed by atoms with Crippen molar-refractivity contribution in [3.05, 3.63) is 11.3 Å². The normalized spacial score (nSPS) is 19.0. The second-order valence-corrected chi connectivity index (χ2v) is 8.02. The number of aliphatic imine (C=N–C) groups is 1. The molecule has 0 bridgehead atoms. The average Bonchev–Trinajstić information content (AvgIpc) is 2.30. The van der Waals surface area contributed by atoms with Gasteiger partial charge in [-0.15, -0.1) is 0 Å². The maximum absolute atomic E-state index is 9.32. The Balaban J connectivity index is 0.000000770. The standard InChI is InChI=1S/C12H21NO.2ClH.Zr/c1-9(11(3)14)10(2)13-12-7-5-4-6-8-12;;;/h12,14H,4-8H2,1-3H3;2*1H;/q;;;+2/p-2/b11-9-,13-10?;;;. The molecule has 1 aliphatic carbocycles. The molecule has 5 heteroatoms. The van der Waals surface area contributed by atoms with Crippen LogP contribution in [-0.4, -0.2) is 16.9 Å². The van der Waals surface area contributed by atoms with E-state index in [4.69, 9.17) is 17.0 Å². The van der Waals surface area contributed by atoms with Gasteiger partial charge in [-0.3, -0.25) is 4.99 Å². The Bertz CT molecular complexity index is 270. The van der Waals surface area contributed by atoms with Gasteiger partial charge < -0.3 is 5.11 Å². The van der Waals surface area contributed by atoms with E-state index < -0.39 is 20.8 Å². The first kappa shape index (κ1) is 17.7. The Kier molecular flexibility index (Phi) is 11.0. The van der Waals surface area contributed by atoms with Crippen LogP contribution >= 0.6 is 17.0 Å². The van der Waals surface area contributed by atoms with E-state index in [9.17, 15) is 5.11 Å². The van der Waals surface area contributed by atoms with Crippen LogP contribution in [0, 0.1) is 0 Å². The summed E-state index contributed by atoms with van der Waals surface area (Å²) in [6.07, 6.45) is 6.41. The third-order valence-electron chi connectivity index (χ3n) is 3.04. The molecule has 0 aromatic rings. The molecule has 0 amide bonds. The van der Waals surface area contributed by atoms with Gasteiger partial charge in [-0.1, -0.05) is 19.3 Å². The van der Waals surface area contributed by atoms with E-state index in [0.29, 0.717) is 11.8 Å². The first-order valence-electron chi connectivity index (χ1n) is 5.90. The number of aliphatic hydroxyl groups is 1. The topological polar surface area (TPSA) is 32.6 Å². The van der Waals surface area contributed by atoms with Crippen molar-refractivity contribution < 1.29 is 26.0 Å². The Morgan fingerprint density at radius 1 is 1.12 bits per heavy atom. The molecule has 0 spiro atoms. The van der Waals surface area contributed by atoms with Crippen LogP contribution in [0.15, 0.2) is 16.3 Å². The summed E-state index contributed by atoms with van der Waals surface area (Å²) in [5, 5.41) is 9.32. The first-order valence-corrected chi connectivity index (χ1v) is 12.2. The molecule has 0 unspecified atom stereocenters. The minimum atomic E-state index is -0.826. The van der Waals surface area contributed by atoms with Crippen LogP contribution in [0.5, 0.6) is 0 Å². The number of halogens is 2. The number of allylic oxidation sites excluding steroid dienone is 2. The van der Waals surface area contributed by atoms with Crippen molar-refractivity contribution in [1.82, 2.24) is 0 Å². The van der Waals surface area contributed by atoms with Gasteiger partial charge in [0.05, 0.1) is 11.8 Å². The van der Waals surface area contributed by atoms with Crippen LogP contribution in [0.1, 0.15) is 52.9 Å². The molecule has 1 fully saturated rings. The van der Waals surface area contributed by atoms with Gasteiger partial charge in [-0.05, 0) is 33.6 Å². The summed E-state index contributed by atoms with van der Waals surface area (Å²) in [4.78, 5) is 4.66. The van der Waals surface area contributed by atoms with Crippen molar-refractivity contribution in [1.29, 1.82) is 0 Å². The molecular weight excluding hydrogens is 336 g/mol. The Labute approximate surface area is 123 Å². The third kappa shape index (κ3) is 8.40. The predicted molar refractivity (Wildman–Crippen MR) is 72.7 cm³/mol. The van der Waals surface area contributed by atoms with Crippen molar-refractivity contribution in [3.63, 3.8) is 0 Å². The van der Waals surface area contributed by atoms with Crippen LogP contribution in [0.2, 0.25) is 0 Å². The molecule has 1 N–H and O–H groups in total. The Morgan fingerprint density at radius 3 is 2.00 bits per heavy atom. The van der Waals surface area contributed by atoms with E-state index in [-0.39, 0.29) is 0 Å². The molecule has 17 heavy (non-hydrogen) atoms. The van der Waals surface area contributed by atoms with E-state index in [2.05, 4.69) is 4.99 Å². The predicted octanol–water partition coefficient (Wildman–Crippen LogP) is 5.01. The van der Waals surface area contributed by atoms with E-state index in [0.717, 1.165) is 11.3 Å². The van der Waals surface area contributed by atoms with Gasteiger partial charge >= 0.3 is 37.9 Å². The molecular formula is C12H21Cl2NOZr. The van der Waals surface area contributed by atoms with Crippen LogP contribution in [0.25, 0.3) is 0 Å². The van der Waals surface area contributed by atoms with Gasteiger partial charge in [0.15, 0.2) is 0 Å². The molecule has 1 aliphatic rings. The van der Waals surface area contributed by atoms with Crippen molar-refractivity contribution in [2.75, 3.05) is 0 Å². The minimum absolute atomic E-state index is 0.391. The first-order chi connectivity index (χ1) is 8.02.